The van der Waals surface area contributed by atoms with Gasteiger partial charge in [-0.3, -0.25) is 14.9 Å². The van der Waals surface area contributed by atoms with Crippen LogP contribution in [0.4, 0.5) is 20.0 Å². The minimum atomic E-state index is -1.03. The van der Waals surface area contributed by atoms with E-state index in [0.29, 0.717) is 29.5 Å². The van der Waals surface area contributed by atoms with E-state index in [0.717, 1.165) is 62.3 Å². The van der Waals surface area contributed by atoms with Crippen LogP contribution < -0.4 is 10.2 Å². The number of hydrogen-bond acceptors (Lipinski definition) is 7. The van der Waals surface area contributed by atoms with Crippen molar-refractivity contribution >= 4 is 40.1 Å². The average Bonchev–Trinajstić information content (AvgIpc) is 3.84. The minimum absolute atomic E-state index is 0.0393. The first kappa shape index (κ1) is 28.7. The topological polar surface area (TPSA) is 124 Å². The number of carboxylic acid groups (broad SMARTS) is 1. The lowest BCUT2D eigenvalue weighted by molar-refractivity contribution is -0.121. The predicted octanol–water partition coefficient (Wildman–Crippen LogP) is 5.01. The molecule has 2 N–H and O–H groups in total. The van der Waals surface area contributed by atoms with Gasteiger partial charge in [-0.25, -0.2) is 19.2 Å². The lowest BCUT2D eigenvalue weighted by atomic mass is 9.72. The van der Waals surface area contributed by atoms with Crippen molar-refractivity contribution in [3.8, 4) is 11.1 Å². The smallest absolute Gasteiger partial charge is 0.407 e. The zero-order valence-electron chi connectivity index (χ0n) is 25.0. The third-order valence-corrected chi connectivity index (χ3v) is 10.7. The molecular formula is C33H32FN7O4S. The summed E-state index contributed by atoms with van der Waals surface area (Å²) in [5, 5.41) is 14.3. The molecular weight excluding hydrogens is 609 g/mol. The van der Waals surface area contributed by atoms with E-state index in [4.69, 9.17) is 0 Å². The number of amides is 3. The van der Waals surface area contributed by atoms with E-state index in [1.807, 2.05) is 28.8 Å². The highest BCUT2D eigenvalue weighted by Gasteiger charge is 2.46. The number of aryl methyl sites for hydroxylation is 1. The van der Waals surface area contributed by atoms with Crippen LogP contribution >= 0.6 is 11.3 Å². The molecule has 0 aliphatic carbocycles. The number of nitrogens with zero attached hydrogens (tertiary/aromatic N) is 6. The number of thiazole rings is 1. The predicted molar refractivity (Wildman–Crippen MR) is 169 cm³/mol. The summed E-state index contributed by atoms with van der Waals surface area (Å²) in [4.78, 5) is 52.9. The first-order valence-electron chi connectivity index (χ1n) is 15.5. The molecule has 236 valence electrons. The molecule has 4 aliphatic rings. The number of likely N-dealkylation sites (tertiary alicyclic amines) is 1. The van der Waals surface area contributed by atoms with Crippen LogP contribution in [0.2, 0.25) is 0 Å². The molecule has 2 saturated heterocycles. The van der Waals surface area contributed by atoms with Crippen LogP contribution in [0.15, 0.2) is 54.3 Å². The van der Waals surface area contributed by atoms with Crippen molar-refractivity contribution in [2.45, 2.75) is 44.8 Å². The van der Waals surface area contributed by atoms with Crippen molar-refractivity contribution in [2.75, 3.05) is 36.4 Å². The van der Waals surface area contributed by atoms with Gasteiger partial charge in [0, 0.05) is 72.2 Å². The monoisotopic (exact) mass is 641 g/mol. The van der Waals surface area contributed by atoms with Crippen LogP contribution in [0, 0.1) is 11.2 Å². The van der Waals surface area contributed by atoms with Crippen molar-refractivity contribution < 1.29 is 23.9 Å². The number of carbonyl (C=O) groups excluding carboxylic acids is 2. The Bertz CT molecular complexity index is 1840. The molecule has 46 heavy (non-hydrogen) atoms. The number of imidazole rings is 1. The molecule has 3 amide bonds. The minimum Gasteiger partial charge on any atom is -0.465 e. The fourth-order valence-corrected chi connectivity index (χ4v) is 8.00. The highest BCUT2D eigenvalue weighted by Crippen LogP contribution is 2.43. The fraction of sp³-hybridized carbons (Fsp3) is 0.364. The second-order valence-corrected chi connectivity index (χ2v) is 13.6. The Kier molecular flexibility index (Phi) is 6.82. The van der Waals surface area contributed by atoms with Crippen molar-refractivity contribution in [3.05, 3.63) is 82.6 Å². The van der Waals surface area contributed by atoms with Gasteiger partial charge in [-0.15, -0.1) is 11.3 Å². The zero-order chi connectivity index (χ0) is 31.6. The van der Waals surface area contributed by atoms with Crippen molar-refractivity contribution in [1.82, 2.24) is 24.3 Å². The lowest BCUT2D eigenvalue weighted by Gasteiger charge is -2.54. The quantitative estimate of drug-likeness (QED) is 0.304. The van der Waals surface area contributed by atoms with E-state index in [9.17, 15) is 19.5 Å². The largest absolute Gasteiger partial charge is 0.465 e. The number of aromatic nitrogens is 3. The second-order valence-electron chi connectivity index (χ2n) is 12.7. The Labute approximate surface area is 268 Å². The molecule has 4 aliphatic heterocycles. The van der Waals surface area contributed by atoms with Gasteiger partial charge < -0.3 is 24.4 Å². The number of hydrogen-bond donors (Lipinski definition) is 2. The van der Waals surface area contributed by atoms with Gasteiger partial charge in [0.25, 0.3) is 11.8 Å². The normalized spacial score (nSPS) is 18.8. The Morgan fingerprint density at radius 2 is 1.83 bits per heavy atom. The molecule has 2 aromatic carbocycles. The molecule has 0 bridgehead atoms. The fourth-order valence-electron chi connectivity index (χ4n) is 7.46. The first-order chi connectivity index (χ1) is 22.3. The summed E-state index contributed by atoms with van der Waals surface area (Å²) in [5.41, 5.74) is 4.55. The molecule has 11 nitrogen and oxygen atoms in total. The van der Waals surface area contributed by atoms with E-state index in [1.165, 1.54) is 27.2 Å². The highest BCUT2D eigenvalue weighted by molar-refractivity contribution is 7.13. The molecule has 2 aromatic heterocycles. The summed E-state index contributed by atoms with van der Waals surface area (Å²) < 4.78 is 17.7. The Morgan fingerprint density at radius 1 is 1.04 bits per heavy atom. The molecule has 1 atom stereocenters. The molecule has 2 fully saturated rings. The summed E-state index contributed by atoms with van der Waals surface area (Å²) in [6, 6.07) is 10.0. The van der Waals surface area contributed by atoms with Crippen molar-refractivity contribution in [1.29, 1.82) is 0 Å². The number of nitrogens with one attached hydrogen (secondary N) is 1. The molecule has 1 spiro atoms. The van der Waals surface area contributed by atoms with Gasteiger partial charge in [-0.05, 0) is 61.1 Å². The zero-order valence-corrected chi connectivity index (χ0v) is 25.8. The van der Waals surface area contributed by atoms with Gasteiger partial charge >= 0.3 is 6.09 Å². The summed E-state index contributed by atoms with van der Waals surface area (Å²) >= 11 is 1.28. The van der Waals surface area contributed by atoms with E-state index in [2.05, 4.69) is 20.2 Å². The summed E-state index contributed by atoms with van der Waals surface area (Å²) in [7, 11) is 0. The van der Waals surface area contributed by atoms with Crippen LogP contribution in [-0.2, 0) is 24.3 Å². The number of piperidine rings is 1. The maximum atomic E-state index is 15.7. The summed E-state index contributed by atoms with van der Waals surface area (Å²) in [6.07, 6.45) is 5.87. The van der Waals surface area contributed by atoms with Gasteiger partial charge in [0.05, 0.1) is 18.6 Å². The summed E-state index contributed by atoms with van der Waals surface area (Å²) in [6.45, 7) is 3.68. The third-order valence-electron chi connectivity index (χ3n) is 10.0. The molecule has 0 radical (unpaired) electrons. The Hall–Kier alpha value is -4.78. The number of carbonyl (C=O) groups is 3. The number of fused-ring (bicyclic) bond motifs is 2. The average molecular weight is 642 g/mol. The van der Waals surface area contributed by atoms with Crippen LogP contribution in [0.5, 0.6) is 0 Å². The van der Waals surface area contributed by atoms with Gasteiger partial charge in [0.15, 0.2) is 11.2 Å². The van der Waals surface area contributed by atoms with Crippen molar-refractivity contribution in [3.63, 3.8) is 0 Å². The number of anilines is 2. The Balaban J connectivity index is 1.02. The molecule has 0 saturated carbocycles. The van der Waals surface area contributed by atoms with Crippen molar-refractivity contribution in [2.24, 2.45) is 5.41 Å². The Morgan fingerprint density at radius 3 is 2.54 bits per heavy atom. The van der Waals surface area contributed by atoms with Crippen LogP contribution in [0.3, 0.4) is 0 Å². The molecule has 8 rings (SSSR count). The summed E-state index contributed by atoms with van der Waals surface area (Å²) in [5.74, 6) is -1.33. The third kappa shape index (κ3) is 4.80. The van der Waals surface area contributed by atoms with Crippen LogP contribution in [-0.4, -0.2) is 73.5 Å². The first-order valence-corrected chi connectivity index (χ1v) is 16.4. The SMILES string of the molecule is O=C(Nc1nccs1)C(c1ncn2c1CCC2)N1Cc2c(F)cc(-c3ccc(N4CC5(CCN(C(=O)O)CC5)C4)cc3)cc2C1=O. The lowest BCUT2D eigenvalue weighted by Crippen LogP contribution is -2.60. The number of halogens is 1. The van der Waals surface area contributed by atoms with Gasteiger partial charge in [0.1, 0.15) is 5.82 Å². The van der Waals surface area contributed by atoms with Crippen LogP contribution in [0.25, 0.3) is 11.1 Å². The molecule has 13 heteroatoms. The van der Waals surface area contributed by atoms with E-state index in [-0.39, 0.29) is 23.1 Å². The van der Waals surface area contributed by atoms with Gasteiger partial charge in [0.2, 0.25) is 0 Å². The maximum absolute atomic E-state index is 15.7. The molecule has 1 unspecified atom stereocenters. The molecule has 6 heterocycles. The number of rotatable bonds is 6. The molecule has 4 aromatic rings. The highest BCUT2D eigenvalue weighted by atomic mass is 32.1. The van der Waals surface area contributed by atoms with Gasteiger partial charge in [-0.2, -0.15) is 0 Å². The van der Waals surface area contributed by atoms with E-state index < -0.39 is 29.8 Å². The second kappa shape index (κ2) is 10.9. The standard InChI is InChI=1S/C33H32FN7O4S/c34-25-15-21(20-3-5-22(6-4-20)40-17-33(18-40)7-11-38(12-8-33)32(44)45)14-23-24(25)16-41(30(23)43)28(29(42)37-31-35-9-13-46-31)27-26-2-1-10-39(26)19-36-27/h3-6,9,13-15,19,28H,1-2,7-8,10-12,16-18H2,(H,44,45)(H,35,37,42). The van der Waals surface area contributed by atoms with Gasteiger partial charge in [-0.1, -0.05) is 12.1 Å². The maximum Gasteiger partial charge on any atom is 0.407 e. The number of benzene rings is 2. The van der Waals surface area contributed by atoms with E-state index in [1.54, 1.807) is 24.0 Å². The van der Waals surface area contributed by atoms with Crippen LogP contribution in [0.1, 0.15) is 52.6 Å². The van der Waals surface area contributed by atoms with E-state index >= 15 is 4.39 Å².